The topological polar surface area (TPSA) is 103 Å². The fraction of sp³-hybridized carbons (Fsp3) is 0.917. The summed E-state index contributed by atoms with van der Waals surface area (Å²) in [6.07, 6.45) is 20.0. The Labute approximate surface area is 185 Å². The molecule has 6 nitrogen and oxygen atoms in total. The van der Waals surface area contributed by atoms with Crippen LogP contribution in [0, 0.1) is 0 Å². The summed E-state index contributed by atoms with van der Waals surface area (Å²) in [6, 6.07) is -1.17. The lowest BCUT2D eigenvalue weighted by atomic mass is 10.0. The number of quaternary nitrogens is 1. The van der Waals surface area contributed by atoms with Crippen LogP contribution in [0.2, 0.25) is 0 Å². The van der Waals surface area contributed by atoms with E-state index in [-0.39, 0.29) is 12.8 Å². The molecule has 30 heavy (non-hydrogen) atoms. The number of nitrogens with two attached hydrogens (primary N) is 1. The second kappa shape index (κ2) is 21.1. The van der Waals surface area contributed by atoms with Crippen LogP contribution in [0.5, 0.6) is 0 Å². The van der Waals surface area contributed by atoms with Gasteiger partial charge in [-0.15, -0.1) is 0 Å². The molecule has 0 bridgehead atoms. The zero-order valence-electron chi connectivity index (χ0n) is 20.3. The van der Waals surface area contributed by atoms with Crippen molar-refractivity contribution in [2.24, 2.45) is 5.73 Å². The van der Waals surface area contributed by atoms with Crippen LogP contribution in [0.4, 0.5) is 0 Å². The van der Waals surface area contributed by atoms with E-state index in [9.17, 15) is 14.7 Å². The van der Waals surface area contributed by atoms with E-state index in [1.807, 2.05) is 0 Å². The molecule has 0 unspecified atom stereocenters. The molecule has 0 fully saturated rings. The van der Waals surface area contributed by atoms with E-state index in [0.29, 0.717) is 0 Å². The smallest absolute Gasteiger partial charge is 0.303 e. The molecule has 3 N–H and O–H groups in total. The third kappa shape index (κ3) is 29.1. The van der Waals surface area contributed by atoms with Gasteiger partial charge in [0.15, 0.2) is 0 Å². The molecule has 0 aromatic heterocycles. The molecule has 6 heteroatoms. The van der Waals surface area contributed by atoms with Crippen molar-refractivity contribution < 1.29 is 24.3 Å². The van der Waals surface area contributed by atoms with E-state index >= 15 is 0 Å². The molecular weight excluding hydrogens is 380 g/mol. The van der Waals surface area contributed by atoms with E-state index < -0.39 is 18.0 Å². The predicted octanol–water partition coefficient (Wildman–Crippen LogP) is 4.10. The van der Waals surface area contributed by atoms with Gasteiger partial charge in [-0.05, 0) is 19.3 Å². The summed E-state index contributed by atoms with van der Waals surface area (Å²) in [4.78, 5) is 19.7. The Morgan fingerprint density at radius 2 is 1.17 bits per heavy atom. The number of hydrogen-bond donors (Lipinski definition) is 2. The van der Waals surface area contributed by atoms with E-state index in [1.54, 1.807) is 0 Å². The minimum atomic E-state index is -1.42. The summed E-state index contributed by atoms with van der Waals surface area (Å²) >= 11 is 0. The number of hydrogen-bond acceptors (Lipinski definition) is 4. The van der Waals surface area contributed by atoms with Crippen LogP contribution in [-0.4, -0.2) is 55.3 Å². The Kier molecular flexibility index (Phi) is 21.8. The molecule has 0 aromatic carbocycles. The van der Waals surface area contributed by atoms with Gasteiger partial charge in [0.1, 0.15) is 0 Å². The van der Waals surface area contributed by atoms with Crippen molar-refractivity contribution in [3.8, 4) is 0 Å². The van der Waals surface area contributed by atoms with Crippen LogP contribution in [0.25, 0.3) is 0 Å². The van der Waals surface area contributed by atoms with Crippen LogP contribution in [0.1, 0.15) is 110 Å². The maximum atomic E-state index is 9.88. The summed E-state index contributed by atoms with van der Waals surface area (Å²) in [6.45, 7) is 3.63. The summed E-state index contributed by atoms with van der Waals surface area (Å²) < 4.78 is 1.12. The van der Waals surface area contributed by atoms with Crippen molar-refractivity contribution in [3.05, 3.63) is 0 Å². The average molecular weight is 431 g/mol. The molecule has 0 saturated heterocycles. The van der Waals surface area contributed by atoms with Gasteiger partial charge in [0.25, 0.3) is 0 Å². The minimum absolute atomic E-state index is 0.0856. The lowest BCUT2D eigenvalue weighted by molar-refractivity contribution is -0.870. The van der Waals surface area contributed by atoms with E-state index in [4.69, 9.17) is 10.8 Å². The highest BCUT2D eigenvalue weighted by molar-refractivity contribution is 5.72. The van der Waals surface area contributed by atoms with Crippen molar-refractivity contribution in [2.45, 2.75) is 116 Å². The number of carboxylic acids is 2. The number of carbonyl (C=O) groups excluding carboxylic acids is 1. The monoisotopic (exact) mass is 430 g/mol. The van der Waals surface area contributed by atoms with Crippen LogP contribution in [0.3, 0.4) is 0 Å². The summed E-state index contributed by atoms with van der Waals surface area (Å²) in [7, 11) is 6.88. The SMILES string of the molecule is CCCCCCCCCCCCCCCC[N+](C)(C)C.N[C@H](CCC(=O)O)C(=O)[O-]. The maximum Gasteiger partial charge on any atom is 0.303 e. The Hall–Kier alpha value is -1.14. The lowest BCUT2D eigenvalue weighted by Crippen LogP contribution is -2.41. The molecule has 0 saturated carbocycles. The zero-order valence-corrected chi connectivity index (χ0v) is 20.3. The largest absolute Gasteiger partial charge is 0.548 e. The van der Waals surface area contributed by atoms with Crippen LogP contribution >= 0.6 is 0 Å². The second-order valence-corrected chi connectivity index (χ2v) is 9.47. The normalized spacial score (nSPS) is 12.2. The Morgan fingerprint density at radius 1 is 0.800 bits per heavy atom. The molecule has 180 valence electrons. The molecule has 0 rings (SSSR count). The third-order valence-electron chi connectivity index (χ3n) is 5.15. The number of rotatable bonds is 19. The van der Waals surface area contributed by atoms with Crippen molar-refractivity contribution in [1.29, 1.82) is 0 Å². The van der Waals surface area contributed by atoms with Crippen LogP contribution < -0.4 is 10.8 Å². The molecule has 0 aliphatic rings. The standard InChI is InChI=1S/C19H42N.C5H9NO4/c1-5-6-7-8-9-10-11-12-13-14-15-16-17-18-19-20(2,3)4;6-3(5(9)10)1-2-4(7)8/h5-19H2,1-4H3;3H,1-2,6H2,(H,7,8)(H,9,10)/q+1;/p-1/t;3-/m.1/s1. The van der Waals surface area contributed by atoms with Crippen LogP contribution in [0.15, 0.2) is 0 Å². The highest BCUT2D eigenvalue weighted by Crippen LogP contribution is 2.13. The molecule has 0 heterocycles. The van der Waals surface area contributed by atoms with Gasteiger partial charge < -0.3 is 25.2 Å². The quantitative estimate of drug-likeness (QED) is 0.237. The van der Waals surface area contributed by atoms with Crippen molar-refractivity contribution in [2.75, 3.05) is 27.7 Å². The van der Waals surface area contributed by atoms with Gasteiger partial charge in [0.2, 0.25) is 0 Å². The third-order valence-corrected chi connectivity index (χ3v) is 5.15. The highest BCUT2D eigenvalue weighted by Gasteiger charge is 2.06. The predicted molar refractivity (Wildman–Crippen MR) is 123 cm³/mol. The highest BCUT2D eigenvalue weighted by atomic mass is 16.4. The van der Waals surface area contributed by atoms with E-state index in [0.717, 1.165) is 4.48 Å². The molecule has 0 aliphatic carbocycles. The molecule has 0 amide bonds. The van der Waals surface area contributed by atoms with Crippen LogP contribution in [-0.2, 0) is 9.59 Å². The molecule has 1 atom stereocenters. The van der Waals surface area contributed by atoms with Gasteiger partial charge >= 0.3 is 5.97 Å². The second-order valence-electron chi connectivity index (χ2n) is 9.47. The van der Waals surface area contributed by atoms with Gasteiger partial charge in [0, 0.05) is 12.5 Å². The van der Waals surface area contributed by atoms with Crippen molar-refractivity contribution in [1.82, 2.24) is 0 Å². The van der Waals surface area contributed by atoms with Gasteiger partial charge in [0.05, 0.1) is 33.7 Å². The summed E-state index contributed by atoms with van der Waals surface area (Å²) in [5.41, 5.74) is 4.94. The van der Waals surface area contributed by atoms with Gasteiger partial charge in [-0.3, -0.25) is 4.79 Å². The first-order valence-corrected chi connectivity index (χ1v) is 12.1. The number of nitrogens with zero attached hydrogens (tertiary/aromatic N) is 1. The number of carboxylic acid groups (broad SMARTS) is 2. The first-order chi connectivity index (χ1) is 14.1. The molecule has 0 aliphatic heterocycles. The summed E-state index contributed by atoms with van der Waals surface area (Å²) in [5, 5.41) is 18.0. The fourth-order valence-electron chi connectivity index (χ4n) is 3.18. The van der Waals surface area contributed by atoms with Gasteiger partial charge in [-0.2, -0.15) is 0 Å². The first-order valence-electron chi connectivity index (χ1n) is 12.1. The molecule has 0 spiro atoms. The Morgan fingerprint density at radius 3 is 1.47 bits per heavy atom. The summed E-state index contributed by atoms with van der Waals surface area (Å²) in [5.74, 6) is -2.47. The maximum absolute atomic E-state index is 9.88. The number of carbonyl (C=O) groups is 2. The Bertz CT molecular complexity index is 409. The zero-order chi connectivity index (χ0) is 23.3. The van der Waals surface area contributed by atoms with Crippen molar-refractivity contribution in [3.63, 3.8) is 0 Å². The van der Waals surface area contributed by atoms with Gasteiger partial charge in [-0.1, -0.05) is 84.0 Å². The van der Waals surface area contributed by atoms with E-state index in [2.05, 4.69) is 28.1 Å². The number of aliphatic carboxylic acids is 2. The Balaban J connectivity index is 0. The van der Waals surface area contributed by atoms with Gasteiger partial charge in [-0.25, -0.2) is 0 Å². The molecule has 0 radical (unpaired) electrons. The number of unbranched alkanes of at least 4 members (excludes halogenated alkanes) is 13. The van der Waals surface area contributed by atoms with E-state index in [1.165, 1.54) is 96.4 Å². The molecule has 0 aromatic rings. The average Bonchev–Trinajstić information content (AvgIpc) is 2.65. The van der Waals surface area contributed by atoms with Crippen molar-refractivity contribution >= 4 is 11.9 Å². The fourth-order valence-corrected chi connectivity index (χ4v) is 3.18. The lowest BCUT2D eigenvalue weighted by Gasteiger charge is -2.23. The minimum Gasteiger partial charge on any atom is -0.548 e. The molecular formula is C24H50N2O4. The first kappa shape index (κ1) is 31.0.